The number of methoxy groups -OCH3 is 2. The molecule has 0 spiro atoms. The summed E-state index contributed by atoms with van der Waals surface area (Å²) >= 11 is 0. The molecule has 0 bridgehead atoms. The second-order valence-electron chi connectivity index (χ2n) is 7.91. The summed E-state index contributed by atoms with van der Waals surface area (Å²) < 4.78 is 29.2. The lowest BCUT2D eigenvalue weighted by Crippen LogP contribution is -2.47. The lowest BCUT2D eigenvalue weighted by Gasteiger charge is -2.42. The minimum Gasteiger partial charge on any atom is -0.493 e. The van der Waals surface area contributed by atoms with Crippen LogP contribution in [0.5, 0.6) is 28.7 Å². The van der Waals surface area contributed by atoms with E-state index in [-0.39, 0.29) is 24.9 Å². The highest BCUT2D eigenvalue weighted by Crippen LogP contribution is 2.52. The Balaban J connectivity index is 1.67. The Hall–Kier alpha value is -2.60. The minimum atomic E-state index is 0.00581. The molecule has 0 N–H and O–H groups in total. The van der Waals surface area contributed by atoms with Gasteiger partial charge in [0.25, 0.3) is 0 Å². The molecule has 0 saturated carbocycles. The molecule has 29 heavy (non-hydrogen) atoms. The Kier molecular flexibility index (Phi) is 4.66. The van der Waals surface area contributed by atoms with Crippen molar-refractivity contribution >= 4 is 0 Å². The molecule has 0 amide bonds. The van der Waals surface area contributed by atoms with Crippen LogP contribution in [0.25, 0.3) is 0 Å². The van der Waals surface area contributed by atoms with Gasteiger partial charge in [0, 0.05) is 42.1 Å². The number of hydrogen-bond acceptors (Lipinski definition) is 6. The van der Waals surface area contributed by atoms with Gasteiger partial charge in [-0.15, -0.1) is 0 Å². The number of ether oxygens (including phenoxy) is 5. The number of likely N-dealkylation sites (tertiary alicyclic amines) is 1. The zero-order valence-electron chi connectivity index (χ0n) is 17.1. The van der Waals surface area contributed by atoms with Crippen LogP contribution >= 0.6 is 0 Å². The van der Waals surface area contributed by atoms with Gasteiger partial charge >= 0.3 is 0 Å². The van der Waals surface area contributed by atoms with E-state index in [0.29, 0.717) is 0 Å². The second-order valence-corrected chi connectivity index (χ2v) is 7.91. The van der Waals surface area contributed by atoms with Crippen LogP contribution in [0.2, 0.25) is 0 Å². The Morgan fingerprint density at radius 1 is 0.931 bits per heavy atom. The summed E-state index contributed by atoms with van der Waals surface area (Å²) in [5.41, 5.74) is 2.20. The molecule has 154 valence electrons. The first-order valence-electron chi connectivity index (χ1n) is 10.3. The topological polar surface area (TPSA) is 49.4 Å². The molecule has 1 saturated heterocycles. The molecule has 0 aromatic heterocycles. The number of benzene rings is 2. The summed E-state index contributed by atoms with van der Waals surface area (Å²) in [5.74, 6) is 4.20. The minimum absolute atomic E-state index is 0.00581. The fraction of sp³-hybridized carbons (Fsp3) is 0.478. The van der Waals surface area contributed by atoms with Gasteiger partial charge in [0.15, 0.2) is 29.2 Å². The zero-order chi connectivity index (χ0) is 20.0. The highest BCUT2D eigenvalue weighted by atomic mass is 16.7. The zero-order valence-corrected chi connectivity index (χ0v) is 17.1. The maximum Gasteiger partial charge on any atom is 0.231 e. The quantitative estimate of drug-likeness (QED) is 0.777. The number of fused-ring (bicyclic) bond motifs is 2. The third-order valence-electron chi connectivity index (χ3n) is 6.33. The van der Waals surface area contributed by atoms with Gasteiger partial charge in [0.1, 0.15) is 5.75 Å². The van der Waals surface area contributed by atoms with E-state index in [1.54, 1.807) is 14.2 Å². The third kappa shape index (κ3) is 2.97. The number of para-hydroxylation sites is 1. The molecule has 2 aromatic rings. The standard InChI is InChI=1S/C23H27NO5/c1-14-21(15-7-6-8-17(25-2)22(15)26-3)16-11-19-20(28-13-27-19)12-18(16)29-23(14)24-9-4-5-10-24/h6-8,11-12,14,21,23H,4-5,9-10,13H2,1-3H3/t14-,21+,23-/m1/s1. The predicted octanol–water partition coefficient (Wildman–Crippen LogP) is 4.01. The Labute approximate surface area is 171 Å². The summed E-state index contributed by atoms with van der Waals surface area (Å²) in [6.45, 7) is 4.64. The smallest absolute Gasteiger partial charge is 0.231 e. The van der Waals surface area contributed by atoms with E-state index in [0.717, 1.165) is 53.0 Å². The van der Waals surface area contributed by atoms with Crippen molar-refractivity contribution in [3.63, 3.8) is 0 Å². The van der Waals surface area contributed by atoms with Gasteiger partial charge in [0.2, 0.25) is 6.79 Å². The fourth-order valence-corrected chi connectivity index (χ4v) is 4.98. The maximum absolute atomic E-state index is 6.55. The van der Waals surface area contributed by atoms with Crippen LogP contribution in [-0.2, 0) is 0 Å². The molecular weight excluding hydrogens is 370 g/mol. The van der Waals surface area contributed by atoms with Crippen molar-refractivity contribution in [3.05, 3.63) is 41.5 Å². The Morgan fingerprint density at radius 3 is 2.41 bits per heavy atom. The Bertz CT molecular complexity index is 908. The van der Waals surface area contributed by atoms with Gasteiger partial charge in [-0.2, -0.15) is 0 Å². The van der Waals surface area contributed by atoms with Gasteiger partial charge < -0.3 is 23.7 Å². The monoisotopic (exact) mass is 397 g/mol. The molecule has 6 nitrogen and oxygen atoms in total. The largest absolute Gasteiger partial charge is 0.493 e. The lowest BCUT2D eigenvalue weighted by molar-refractivity contribution is -0.0180. The van der Waals surface area contributed by atoms with Crippen LogP contribution in [0.15, 0.2) is 30.3 Å². The van der Waals surface area contributed by atoms with Crippen LogP contribution in [-0.4, -0.2) is 45.2 Å². The van der Waals surface area contributed by atoms with Crippen LogP contribution < -0.4 is 23.7 Å². The highest BCUT2D eigenvalue weighted by molar-refractivity contribution is 5.59. The average Bonchev–Trinajstić information content (AvgIpc) is 3.43. The molecule has 2 aromatic carbocycles. The average molecular weight is 397 g/mol. The van der Waals surface area contributed by atoms with Crippen molar-refractivity contribution in [2.24, 2.45) is 5.92 Å². The van der Waals surface area contributed by atoms with Gasteiger partial charge in [-0.1, -0.05) is 19.1 Å². The van der Waals surface area contributed by atoms with E-state index in [1.807, 2.05) is 18.2 Å². The Morgan fingerprint density at radius 2 is 1.69 bits per heavy atom. The molecule has 3 atom stereocenters. The van der Waals surface area contributed by atoms with Crippen molar-refractivity contribution in [1.82, 2.24) is 4.90 Å². The SMILES string of the molecule is COc1cccc([C@H]2c3cc4c(cc3O[C@@H](N3CCCC3)[C@@H]2C)OCO4)c1OC. The van der Waals surface area contributed by atoms with Crippen molar-refractivity contribution in [2.45, 2.75) is 31.9 Å². The van der Waals surface area contributed by atoms with Crippen molar-refractivity contribution in [2.75, 3.05) is 34.1 Å². The fourth-order valence-electron chi connectivity index (χ4n) is 4.98. The molecule has 5 rings (SSSR count). The summed E-state index contributed by atoms with van der Waals surface area (Å²) in [7, 11) is 3.37. The molecule has 3 aliphatic rings. The van der Waals surface area contributed by atoms with E-state index in [2.05, 4.69) is 24.0 Å². The first-order valence-corrected chi connectivity index (χ1v) is 10.3. The third-order valence-corrected chi connectivity index (χ3v) is 6.33. The summed E-state index contributed by atoms with van der Waals surface area (Å²) in [6.07, 6.45) is 2.44. The molecule has 6 heteroatoms. The summed E-state index contributed by atoms with van der Waals surface area (Å²) in [4.78, 5) is 2.46. The second kappa shape index (κ2) is 7.34. The first kappa shape index (κ1) is 18.4. The van der Waals surface area contributed by atoms with Gasteiger partial charge in [-0.05, 0) is 25.0 Å². The molecule has 0 radical (unpaired) electrons. The molecule has 0 unspecified atom stereocenters. The van der Waals surface area contributed by atoms with E-state index < -0.39 is 0 Å². The van der Waals surface area contributed by atoms with E-state index in [1.165, 1.54) is 12.8 Å². The molecule has 0 aliphatic carbocycles. The number of nitrogens with zero attached hydrogens (tertiary/aromatic N) is 1. The summed E-state index contributed by atoms with van der Waals surface area (Å²) in [6, 6.07) is 10.1. The van der Waals surface area contributed by atoms with Gasteiger partial charge in [0.05, 0.1) is 14.2 Å². The van der Waals surface area contributed by atoms with Crippen molar-refractivity contribution < 1.29 is 23.7 Å². The normalized spacial score (nSPS) is 25.4. The maximum atomic E-state index is 6.55. The lowest BCUT2D eigenvalue weighted by atomic mass is 9.77. The number of rotatable bonds is 4. The predicted molar refractivity (Wildman–Crippen MR) is 108 cm³/mol. The van der Waals surface area contributed by atoms with E-state index in [9.17, 15) is 0 Å². The van der Waals surface area contributed by atoms with Crippen LogP contribution in [0, 0.1) is 5.92 Å². The highest BCUT2D eigenvalue weighted by Gasteiger charge is 2.42. The first-order chi connectivity index (χ1) is 14.2. The van der Waals surface area contributed by atoms with Crippen molar-refractivity contribution in [1.29, 1.82) is 0 Å². The molecular formula is C23H27NO5. The number of hydrogen-bond donors (Lipinski definition) is 0. The molecule has 3 aliphatic heterocycles. The van der Waals surface area contributed by atoms with E-state index >= 15 is 0 Å². The van der Waals surface area contributed by atoms with Gasteiger partial charge in [-0.25, -0.2) is 0 Å². The molecule has 1 fully saturated rings. The van der Waals surface area contributed by atoms with Crippen LogP contribution in [0.1, 0.15) is 36.8 Å². The van der Waals surface area contributed by atoms with E-state index in [4.69, 9.17) is 23.7 Å². The van der Waals surface area contributed by atoms with Crippen molar-refractivity contribution in [3.8, 4) is 28.7 Å². The van der Waals surface area contributed by atoms with Crippen LogP contribution in [0.3, 0.4) is 0 Å². The van der Waals surface area contributed by atoms with Crippen LogP contribution in [0.4, 0.5) is 0 Å². The molecule has 3 heterocycles. The van der Waals surface area contributed by atoms with Gasteiger partial charge in [-0.3, -0.25) is 4.90 Å². The summed E-state index contributed by atoms with van der Waals surface area (Å²) in [5, 5.41) is 0.